The van der Waals surface area contributed by atoms with Crippen LogP contribution in [-0.4, -0.2) is 28.6 Å². The second-order valence-corrected chi connectivity index (χ2v) is 4.76. The molecule has 2 rings (SSSR count). The highest BCUT2D eigenvalue weighted by molar-refractivity contribution is 7.14. The van der Waals surface area contributed by atoms with Crippen molar-refractivity contribution < 1.29 is 14.7 Å². The van der Waals surface area contributed by atoms with Gasteiger partial charge >= 0.3 is 12.0 Å². The van der Waals surface area contributed by atoms with Crippen LogP contribution >= 0.6 is 11.3 Å². The molecule has 0 unspecified atom stereocenters. The number of urea groups is 1. The highest BCUT2D eigenvalue weighted by Gasteiger charge is 2.08. The number of rotatable bonds is 4. The van der Waals surface area contributed by atoms with Crippen LogP contribution in [0.15, 0.2) is 29.6 Å². The Kier molecular flexibility index (Phi) is 4.31. The summed E-state index contributed by atoms with van der Waals surface area (Å²) < 4.78 is 0. The maximum Gasteiger partial charge on any atom is 0.335 e. The highest BCUT2D eigenvalue weighted by Crippen LogP contribution is 2.25. The molecule has 0 fully saturated rings. The number of amides is 2. The molecule has 6 nitrogen and oxygen atoms in total. The quantitative estimate of drug-likeness (QED) is 0.807. The normalized spacial score (nSPS) is 10.1. The summed E-state index contributed by atoms with van der Waals surface area (Å²) in [5, 5.41) is 16.4. The Morgan fingerprint density at radius 3 is 2.60 bits per heavy atom. The molecule has 104 valence electrons. The highest BCUT2D eigenvalue weighted by atomic mass is 32.1. The average molecular weight is 291 g/mol. The van der Waals surface area contributed by atoms with Crippen LogP contribution in [-0.2, 0) is 0 Å². The Balaban J connectivity index is 2.12. The molecule has 0 aliphatic carbocycles. The van der Waals surface area contributed by atoms with Crippen LogP contribution < -0.4 is 10.6 Å². The fraction of sp³-hybridized carbons (Fsp3) is 0.154. The predicted octanol–water partition coefficient (Wildman–Crippen LogP) is 2.65. The minimum Gasteiger partial charge on any atom is -0.478 e. The summed E-state index contributed by atoms with van der Waals surface area (Å²) in [4.78, 5) is 26.4. The Morgan fingerprint density at radius 2 is 2.00 bits per heavy atom. The third kappa shape index (κ3) is 3.33. The van der Waals surface area contributed by atoms with Gasteiger partial charge in [0.2, 0.25) is 0 Å². The van der Waals surface area contributed by atoms with E-state index in [2.05, 4.69) is 15.6 Å². The van der Waals surface area contributed by atoms with E-state index in [0.29, 0.717) is 17.4 Å². The smallest absolute Gasteiger partial charge is 0.335 e. The number of benzene rings is 1. The van der Waals surface area contributed by atoms with Crippen molar-refractivity contribution in [3.8, 4) is 11.3 Å². The maximum atomic E-state index is 11.4. The maximum absolute atomic E-state index is 11.4. The van der Waals surface area contributed by atoms with Gasteiger partial charge in [0.05, 0.1) is 11.3 Å². The first kappa shape index (κ1) is 14.0. The number of carboxylic acid groups (broad SMARTS) is 1. The van der Waals surface area contributed by atoms with Crippen LogP contribution in [0.5, 0.6) is 0 Å². The van der Waals surface area contributed by atoms with Crippen molar-refractivity contribution >= 4 is 28.5 Å². The lowest BCUT2D eigenvalue weighted by atomic mass is 10.1. The van der Waals surface area contributed by atoms with Crippen LogP contribution in [0.4, 0.5) is 9.93 Å². The standard InChI is InChI=1S/C13H13N3O3S/c1-2-14-12(19)16-13-15-10(7-20-13)8-3-5-9(6-4-8)11(17)18/h3-7H,2H2,1H3,(H,17,18)(H2,14,15,16,19). The SMILES string of the molecule is CCNC(=O)Nc1nc(-c2ccc(C(=O)O)cc2)cs1. The summed E-state index contributed by atoms with van der Waals surface area (Å²) >= 11 is 1.31. The largest absolute Gasteiger partial charge is 0.478 e. The van der Waals surface area contributed by atoms with Crippen LogP contribution in [0, 0.1) is 0 Å². The van der Waals surface area contributed by atoms with Crippen molar-refractivity contribution in [1.82, 2.24) is 10.3 Å². The van der Waals surface area contributed by atoms with Gasteiger partial charge in [-0.15, -0.1) is 11.3 Å². The Bertz CT molecular complexity index is 622. The molecule has 0 aliphatic rings. The van der Waals surface area contributed by atoms with Gasteiger partial charge in [0.15, 0.2) is 5.13 Å². The summed E-state index contributed by atoms with van der Waals surface area (Å²) in [6.07, 6.45) is 0. The first-order valence-electron chi connectivity index (χ1n) is 5.94. The van der Waals surface area contributed by atoms with E-state index < -0.39 is 5.97 Å². The molecule has 1 heterocycles. The molecular formula is C13H13N3O3S. The topological polar surface area (TPSA) is 91.3 Å². The van der Waals surface area contributed by atoms with Crippen molar-refractivity contribution in [1.29, 1.82) is 0 Å². The molecule has 2 amide bonds. The number of nitrogens with one attached hydrogen (secondary N) is 2. The molecule has 2 aromatic rings. The van der Waals surface area contributed by atoms with E-state index in [0.717, 1.165) is 5.56 Å². The van der Waals surface area contributed by atoms with E-state index in [4.69, 9.17) is 5.11 Å². The van der Waals surface area contributed by atoms with Gasteiger partial charge in [0, 0.05) is 17.5 Å². The minimum atomic E-state index is -0.964. The van der Waals surface area contributed by atoms with Gasteiger partial charge in [-0.25, -0.2) is 14.6 Å². The van der Waals surface area contributed by atoms with Crippen LogP contribution in [0.2, 0.25) is 0 Å². The molecule has 0 bridgehead atoms. The van der Waals surface area contributed by atoms with Gasteiger partial charge in [-0.05, 0) is 19.1 Å². The molecule has 3 N–H and O–H groups in total. The number of anilines is 1. The zero-order valence-corrected chi connectivity index (χ0v) is 11.5. The average Bonchev–Trinajstić information content (AvgIpc) is 2.87. The number of hydrogen-bond acceptors (Lipinski definition) is 4. The fourth-order valence-corrected chi connectivity index (χ4v) is 2.26. The second kappa shape index (κ2) is 6.16. The molecule has 1 aromatic heterocycles. The summed E-state index contributed by atoms with van der Waals surface area (Å²) in [7, 11) is 0. The Labute approximate surface area is 119 Å². The van der Waals surface area contributed by atoms with Gasteiger partial charge in [0.1, 0.15) is 0 Å². The predicted molar refractivity (Wildman–Crippen MR) is 77.2 cm³/mol. The van der Waals surface area contributed by atoms with Crippen LogP contribution in [0.1, 0.15) is 17.3 Å². The lowest BCUT2D eigenvalue weighted by Gasteiger charge is -2.01. The van der Waals surface area contributed by atoms with Crippen molar-refractivity contribution in [3.63, 3.8) is 0 Å². The molecule has 0 aliphatic heterocycles. The summed E-state index contributed by atoms with van der Waals surface area (Å²) in [5.74, 6) is -0.964. The van der Waals surface area contributed by atoms with Crippen LogP contribution in [0.25, 0.3) is 11.3 Å². The van der Waals surface area contributed by atoms with Crippen molar-refractivity contribution in [3.05, 3.63) is 35.2 Å². The number of carboxylic acids is 1. The van der Waals surface area contributed by atoms with E-state index in [-0.39, 0.29) is 11.6 Å². The number of aromatic carboxylic acids is 1. The first-order chi connectivity index (χ1) is 9.60. The molecule has 7 heteroatoms. The molecule has 20 heavy (non-hydrogen) atoms. The Morgan fingerprint density at radius 1 is 1.30 bits per heavy atom. The third-order valence-electron chi connectivity index (χ3n) is 2.49. The number of hydrogen-bond donors (Lipinski definition) is 3. The van der Waals surface area contributed by atoms with E-state index >= 15 is 0 Å². The van der Waals surface area contributed by atoms with E-state index in [1.54, 1.807) is 17.5 Å². The molecule has 0 radical (unpaired) electrons. The molecule has 0 atom stereocenters. The molecule has 1 aromatic carbocycles. The third-order valence-corrected chi connectivity index (χ3v) is 3.25. The minimum absolute atomic E-state index is 0.227. The van der Waals surface area contributed by atoms with Crippen molar-refractivity contribution in [2.75, 3.05) is 11.9 Å². The van der Waals surface area contributed by atoms with Crippen LogP contribution in [0.3, 0.4) is 0 Å². The molecular weight excluding hydrogens is 278 g/mol. The van der Waals surface area contributed by atoms with Crippen molar-refractivity contribution in [2.24, 2.45) is 0 Å². The molecule has 0 saturated carbocycles. The number of carbonyl (C=O) groups excluding carboxylic acids is 1. The zero-order chi connectivity index (χ0) is 14.5. The number of carbonyl (C=O) groups is 2. The van der Waals surface area contributed by atoms with Gasteiger partial charge in [-0.3, -0.25) is 5.32 Å². The lowest BCUT2D eigenvalue weighted by molar-refractivity contribution is 0.0697. The molecule has 0 spiro atoms. The fourth-order valence-electron chi connectivity index (χ4n) is 1.55. The van der Waals surface area contributed by atoms with Gasteiger partial charge in [-0.1, -0.05) is 12.1 Å². The van der Waals surface area contributed by atoms with E-state index in [9.17, 15) is 9.59 Å². The molecule has 0 saturated heterocycles. The first-order valence-corrected chi connectivity index (χ1v) is 6.82. The van der Waals surface area contributed by atoms with Gasteiger partial charge < -0.3 is 10.4 Å². The Hall–Kier alpha value is -2.41. The van der Waals surface area contributed by atoms with Crippen molar-refractivity contribution in [2.45, 2.75) is 6.92 Å². The summed E-state index contributed by atoms with van der Waals surface area (Å²) in [6, 6.07) is 6.12. The van der Waals surface area contributed by atoms with Gasteiger partial charge in [0.25, 0.3) is 0 Å². The number of thiazole rings is 1. The lowest BCUT2D eigenvalue weighted by Crippen LogP contribution is -2.28. The zero-order valence-electron chi connectivity index (χ0n) is 10.7. The van der Waals surface area contributed by atoms with E-state index in [1.165, 1.54) is 23.5 Å². The monoisotopic (exact) mass is 291 g/mol. The number of nitrogens with zero attached hydrogens (tertiary/aromatic N) is 1. The van der Waals surface area contributed by atoms with Gasteiger partial charge in [-0.2, -0.15) is 0 Å². The summed E-state index contributed by atoms with van der Waals surface area (Å²) in [5.41, 5.74) is 1.72. The van der Waals surface area contributed by atoms with E-state index in [1.807, 2.05) is 6.92 Å². The number of aromatic nitrogens is 1. The summed E-state index contributed by atoms with van der Waals surface area (Å²) in [6.45, 7) is 2.37. The second-order valence-electron chi connectivity index (χ2n) is 3.90.